The maximum atomic E-state index is 11.7. The van der Waals surface area contributed by atoms with Crippen molar-refractivity contribution in [3.05, 3.63) is 48.8 Å². The third kappa shape index (κ3) is 9.38. The first-order chi connectivity index (χ1) is 18.1. The SMILES string of the molecule is CC(C)[S-].CNc1ccnc2cc(O)c(S(C)(=O)=O)cc12.CNc1ccnc2cc(OC)c(S(C)(=O)=O)cc12.[Na+]. The van der Waals surface area contributed by atoms with Gasteiger partial charge in [-0.25, -0.2) is 16.8 Å². The molecule has 4 aromatic rings. The number of aromatic nitrogens is 2. The molecule has 0 saturated heterocycles. The largest absolute Gasteiger partial charge is 1.00 e. The zero-order chi connectivity index (χ0) is 29.5. The summed E-state index contributed by atoms with van der Waals surface area (Å²) in [5.41, 5.74) is 2.82. The van der Waals surface area contributed by atoms with Crippen molar-refractivity contribution >= 4 is 65.5 Å². The molecule has 212 valence electrons. The van der Waals surface area contributed by atoms with Gasteiger partial charge in [0.15, 0.2) is 19.7 Å². The Bertz CT molecular complexity index is 1680. The molecular formula is C26H33N4NaO6S3. The second kappa shape index (κ2) is 15.1. The van der Waals surface area contributed by atoms with Crippen LogP contribution in [0, 0.1) is 0 Å². The van der Waals surface area contributed by atoms with Gasteiger partial charge in [0.05, 0.1) is 18.1 Å². The molecule has 0 aliphatic rings. The summed E-state index contributed by atoms with van der Waals surface area (Å²) in [6, 6.07) is 9.53. The van der Waals surface area contributed by atoms with E-state index in [0.29, 0.717) is 27.4 Å². The average Bonchev–Trinajstić information content (AvgIpc) is 2.85. The Morgan fingerprint density at radius 2 is 1.23 bits per heavy atom. The Morgan fingerprint density at radius 1 is 0.825 bits per heavy atom. The summed E-state index contributed by atoms with van der Waals surface area (Å²) in [5.74, 6) is 0.0338. The van der Waals surface area contributed by atoms with Crippen LogP contribution < -0.4 is 44.9 Å². The van der Waals surface area contributed by atoms with Gasteiger partial charge in [-0.3, -0.25) is 9.97 Å². The zero-order valence-corrected chi connectivity index (χ0v) is 28.3. The van der Waals surface area contributed by atoms with Crippen LogP contribution in [0.15, 0.2) is 58.6 Å². The number of anilines is 2. The van der Waals surface area contributed by atoms with Crippen molar-refractivity contribution in [2.24, 2.45) is 0 Å². The molecule has 2 aromatic heterocycles. The molecule has 0 aliphatic carbocycles. The number of ether oxygens (including phenoxy) is 1. The molecular weight excluding hydrogens is 583 g/mol. The fraction of sp³-hybridized carbons (Fsp3) is 0.308. The molecule has 14 heteroatoms. The number of hydrogen-bond acceptors (Lipinski definition) is 11. The Balaban J connectivity index is 0.000000346. The summed E-state index contributed by atoms with van der Waals surface area (Å²) < 4.78 is 51.6. The van der Waals surface area contributed by atoms with E-state index in [2.05, 4.69) is 33.2 Å². The van der Waals surface area contributed by atoms with Gasteiger partial charge in [0.1, 0.15) is 21.3 Å². The minimum atomic E-state index is -3.46. The molecule has 0 unspecified atom stereocenters. The first-order valence-electron chi connectivity index (χ1n) is 11.6. The van der Waals surface area contributed by atoms with Gasteiger partial charge in [0.25, 0.3) is 0 Å². The van der Waals surface area contributed by atoms with Crippen LogP contribution in [0.3, 0.4) is 0 Å². The molecule has 10 nitrogen and oxygen atoms in total. The van der Waals surface area contributed by atoms with E-state index >= 15 is 0 Å². The quantitative estimate of drug-likeness (QED) is 0.218. The topological polar surface area (TPSA) is 148 Å². The van der Waals surface area contributed by atoms with Crippen LogP contribution in [0.25, 0.3) is 21.8 Å². The summed E-state index contributed by atoms with van der Waals surface area (Å²) in [6.07, 6.45) is 5.47. The number of hydrogen-bond donors (Lipinski definition) is 3. The standard InChI is InChI=1S/C12H14N2O3S.C11H12N2O3S.C3H8S.Na/c1-13-9-4-5-14-10-7-11(17-2)12(6-8(9)10)18(3,15)16;1-12-8-3-4-13-9-6-10(14)11(5-7(8)9)17(2,15)16;1-3(2)4;/h4-7H,1-3H3,(H,13,14);3-6,14H,1-2H3,(H,12,13);3-4H,1-2H3;/q;;;+1/p-1. The number of aromatic hydroxyl groups is 1. The number of benzene rings is 2. The minimum Gasteiger partial charge on any atom is -0.790 e. The van der Waals surface area contributed by atoms with Crippen molar-refractivity contribution < 1.29 is 56.2 Å². The number of methoxy groups -OCH3 is 1. The molecule has 4 rings (SSSR count). The zero-order valence-electron chi connectivity index (χ0n) is 23.8. The molecule has 2 aromatic carbocycles. The molecule has 0 fully saturated rings. The molecule has 2 heterocycles. The van der Waals surface area contributed by atoms with Gasteiger partial charge < -0.3 is 33.1 Å². The van der Waals surface area contributed by atoms with Crippen molar-refractivity contribution in [1.82, 2.24) is 9.97 Å². The summed E-state index contributed by atoms with van der Waals surface area (Å²) in [5, 5.41) is 17.5. The summed E-state index contributed by atoms with van der Waals surface area (Å²) >= 11 is 4.62. The predicted octanol–water partition coefficient (Wildman–Crippen LogP) is 1.02. The Labute approximate surface area is 263 Å². The number of fused-ring (bicyclic) bond motifs is 2. The molecule has 0 radical (unpaired) electrons. The van der Waals surface area contributed by atoms with E-state index in [0.717, 1.165) is 29.3 Å². The van der Waals surface area contributed by atoms with E-state index in [-0.39, 0.29) is 45.1 Å². The summed E-state index contributed by atoms with van der Waals surface area (Å²) in [7, 11) is -1.84. The van der Waals surface area contributed by atoms with Gasteiger partial charge in [-0.1, -0.05) is 13.8 Å². The first kappa shape index (κ1) is 35.7. The normalized spacial score (nSPS) is 11.0. The number of pyridine rings is 2. The summed E-state index contributed by atoms with van der Waals surface area (Å²) in [4.78, 5) is 8.37. The van der Waals surface area contributed by atoms with Gasteiger partial charge in [0, 0.05) is 73.3 Å². The van der Waals surface area contributed by atoms with Crippen molar-refractivity contribution in [3.63, 3.8) is 0 Å². The van der Waals surface area contributed by atoms with E-state index in [4.69, 9.17) is 4.74 Å². The molecule has 0 aliphatic heterocycles. The first-order valence-corrected chi connectivity index (χ1v) is 15.9. The molecule has 0 spiro atoms. The monoisotopic (exact) mass is 616 g/mol. The second-order valence-electron chi connectivity index (χ2n) is 8.67. The fourth-order valence-corrected chi connectivity index (χ4v) is 5.11. The number of phenolic OH excluding ortho intramolecular Hbond substituents is 1. The average molecular weight is 617 g/mol. The van der Waals surface area contributed by atoms with Crippen LogP contribution >= 0.6 is 0 Å². The molecule has 0 atom stereocenters. The Hall–Kier alpha value is -2.29. The van der Waals surface area contributed by atoms with Crippen molar-refractivity contribution in [3.8, 4) is 11.5 Å². The molecule has 0 saturated carbocycles. The maximum absolute atomic E-state index is 11.7. The number of nitrogens with zero attached hydrogens (tertiary/aromatic N) is 2. The van der Waals surface area contributed by atoms with E-state index in [9.17, 15) is 21.9 Å². The number of phenols is 1. The van der Waals surface area contributed by atoms with Crippen LogP contribution in [-0.4, -0.2) is 70.9 Å². The Kier molecular flexibility index (Phi) is 13.5. The number of rotatable bonds is 5. The molecule has 3 N–H and O–H groups in total. The van der Waals surface area contributed by atoms with Crippen LogP contribution in [0.5, 0.6) is 11.5 Å². The van der Waals surface area contributed by atoms with E-state index in [1.165, 1.54) is 19.2 Å². The van der Waals surface area contributed by atoms with E-state index < -0.39 is 19.7 Å². The van der Waals surface area contributed by atoms with Gasteiger partial charge in [0.2, 0.25) is 0 Å². The van der Waals surface area contributed by atoms with Crippen molar-refractivity contribution in [2.75, 3.05) is 44.4 Å². The van der Waals surface area contributed by atoms with Crippen LogP contribution in [-0.2, 0) is 32.3 Å². The number of sulfone groups is 2. The van der Waals surface area contributed by atoms with Crippen molar-refractivity contribution in [1.29, 1.82) is 0 Å². The van der Waals surface area contributed by atoms with Gasteiger partial charge in [-0.2, -0.15) is 5.25 Å². The second-order valence-corrected chi connectivity index (χ2v) is 13.6. The van der Waals surface area contributed by atoms with Gasteiger partial charge >= 0.3 is 29.6 Å². The van der Waals surface area contributed by atoms with Gasteiger partial charge in [-0.05, 0) is 24.3 Å². The third-order valence-corrected chi connectivity index (χ3v) is 7.43. The van der Waals surface area contributed by atoms with E-state index in [1.807, 2.05) is 13.8 Å². The van der Waals surface area contributed by atoms with Crippen LogP contribution in [0.1, 0.15) is 13.8 Å². The van der Waals surface area contributed by atoms with Crippen LogP contribution in [0.2, 0.25) is 0 Å². The van der Waals surface area contributed by atoms with Crippen LogP contribution in [0.4, 0.5) is 11.4 Å². The number of nitrogens with one attached hydrogen (secondary N) is 2. The smallest absolute Gasteiger partial charge is 0.790 e. The molecule has 0 bridgehead atoms. The fourth-order valence-electron chi connectivity index (χ4n) is 3.50. The summed E-state index contributed by atoms with van der Waals surface area (Å²) in [6.45, 7) is 3.96. The minimum absolute atomic E-state index is 0. The Morgan fingerprint density at radius 3 is 1.60 bits per heavy atom. The molecule has 0 amide bonds. The molecule has 40 heavy (non-hydrogen) atoms. The van der Waals surface area contributed by atoms with E-state index in [1.54, 1.807) is 50.8 Å². The third-order valence-electron chi connectivity index (χ3n) is 5.19. The predicted molar refractivity (Wildman–Crippen MR) is 160 cm³/mol. The van der Waals surface area contributed by atoms with Gasteiger partial charge in [-0.15, -0.1) is 0 Å². The van der Waals surface area contributed by atoms with Crippen molar-refractivity contribution in [2.45, 2.75) is 28.9 Å². The maximum Gasteiger partial charge on any atom is 1.00 e.